The Morgan fingerprint density at radius 1 is 1.24 bits per heavy atom. The highest BCUT2D eigenvalue weighted by Crippen LogP contribution is 2.12. The van der Waals surface area contributed by atoms with Crippen LogP contribution in [0.1, 0.15) is 13.3 Å². The molecule has 0 bridgehead atoms. The number of rotatable bonds is 9. The normalized spacial score (nSPS) is 23.0. The lowest BCUT2D eigenvalue weighted by Gasteiger charge is -2.32. The van der Waals surface area contributed by atoms with Gasteiger partial charge in [-0.3, -0.25) is 0 Å². The number of piperidine rings is 1. The number of methoxy groups -OCH3 is 2. The first kappa shape index (κ1) is 21.0. The zero-order chi connectivity index (χ0) is 15.0. The molecule has 0 aromatic carbocycles. The molecule has 0 aromatic heterocycles. The molecule has 0 saturated carbocycles. The van der Waals surface area contributed by atoms with Crippen molar-refractivity contribution >= 4 is 22.6 Å². The standard InChI is InChI=1S/C12H27N3O4S.ClH/c1-11-10-13-5-4-12(11)14-20(16,17)15(6-8-18-2)7-9-19-3;/h11-14H,4-10H2,1-3H3;1H. The fourth-order valence-electron chi connectivity index (χ4n) is 2.19. The molecular weight excluding hydrogens is 318 g/mol. The summed E-state index contributed by atoms with van der Waals surface area (Å²) in [7, 11) is -0.386. The Balaban J connectivity index is 0.00000400. The van der Waals surface area contributed by atoms with Crippen LogP contribution in [-0.2, 0) is 19.7 Å². The lowest BCUT2D eigenvalue weighted by atomic mass is 9.97. The van der Waals surface area contributed by atoms with Gasteiger partial charge in [0, 0.05) is 33.4 Å². The fraction of sp³-hybridized carbons (Fsp3) is 1.00. The van der Waals surface area contributed by atoms with Crippen LogP contribution in [-0.4, -0.2) is 72.4 Å². The number of nitrogens with one attached hydrogen (secondary N) is 2. The monoisotopic (exact) mass is 345 g/mol. The first-order chi connectivity index (χ1) is 9.51. The van der Waals surface area contributed by atoms with Crippen molar-refractivity contribution < 1.29 is 17.9 Å². The molecule has 1 rings (SSSR count). The van der Waals surface area contributed by atoms with E-state index in [0.29, 0.717) is 26.3 Å². The summed E-state index contributed by atoms with van der Waals surface area (Å²) in [5.74, 6) is 0.283. The van der Waals surface area contributed by atoms with Crippen LogP contribution in [0.3, 0.4) is 0 Å². The van der Waals surface area contributed by atoms with Gasteiger partial charge in [0.25, 0.3) is 10.2 Å². The molecule has 0 aromatic rings. The molecule has 2 unspecified atom stereocenters. The molecule has 7 nitrogen and oxygen atoms in total. The summed E-state index contributed by atoms with van der Waals surface area (Å²) in [6.07, 6.45) is 0.808. The molecule has 128 valence electrons. The summed E-state index contributed by atoms with van der Waals surface area (Å²) in [6, 6.07) is -0.0196. The van der Waals surface area contributed by atoms with E-state index in [1.807, 2.05) is 6.92 Å². The number of hydrogen-bond donors (Lipinski definition) is 2. The van der Waals surface area contributed by atoms with Gasteiger partial charge in [0.1, 0.15) is 0 Å². The van der Waals surface area contributed by atoms with Crippen molar-refractivity contribution in [2.75, 3.05) is 53.6 Å². The van der Waals surface area contributed by atoms with Gasteiger partial charge < -0.3 is 14.8 Å². The molecule has 0 aliphatic carbocycles. The van der Waals surface area contributed by atoms with Crippen LogP contribution in [0.4, 0.5) is 0 Å². The second-order valence-electron chi connectivity index (χ2n) is 5.08. The van der Waals surface area contributed by atoms with Crippen molar-refractivity contribution in [2.24, 2.45) is 5.92 Å². The van der Waals surface area contributed by atoms with E-state index in [4.69, 9.17) is 9.47 Å². The van der Waals surface area contributed by atoms with Crippen LogP contribution < -0.4 is 10.0 Å². The van der Waals surface area contributed by atoms with Crippen molar-refractivity contribution in [1.82, 2.24) is 14.3 Å². The molecule has 1 aliphatic heterocycles. The smallest absolute Gasteiger partial charge is 0.279 e. The van der Waals surface area contributed by atoms with Gasteiger partial charge in [0.2, 0.25) is 0 Å². The number of halogens is 1. The summed E-state index contributed by atoms with van der Waals surface area (Å²) in [6.45, 7) is 5.12. The predicted molar refractivity (Wildman–Crippen MR) is 85.1 cm³/mol. The lowest BCUT2D eigenvalue weighted by molar-refractivity contribution is 0.149. The average Bonchev–Trinajstić information content (AvgIpc) is 2.41. The second kappa shape index (κ2) is 10.7. The average molecular weight is 346 g/mol. The molecule has 1 aliphatic rings. The number of ether oxygens (including phenoxy) is 2. The van der Waals surface area contributed by atoms with E-state index in [1.165, 1.54) is 4.31 Å². The Kier molecular flexibility index (Phi) is 10.7. The third kappa shape index (κ3) is 7.23. The van der Waals surface area contributed by atoms with Crippen molar-refractivity contribution in [3.63, 3.8) is 0 Å². The molecule has 1 saturated heterocycles. The molecule has 2 N–H and O–H groups in total. The van der Waals surface area contributed by atoms with Gasteiger partial charge in [-0.05, 0) is 25.4 Å². The van der Waals surface area contributed by atoms with Crippen LogP contribution in [0, 0.1) is 5.92 Å². The van der Waals surface area contributed by atoms with E-state index >= 15 is 0 Å². The van der Waals surface area contributed by atoms with Crippen LogP contribution in [0.5, 0.6) is 0 Å². The molecule has 0 radical (unpaired) electrons. The van der Waals surface area contributed by atoms with Crippen LogP contribution in [0.25, 0.3) is 0 Å². The van der Waals surface area contributed by atoms with Gasteiger partial charge in [0.05, 0.1) is 13.2 Å². The third-order valence-corrected chi connectivity index (χ3v) is 5.16. The van der Waals surface area contributed by atoms with Crippen LogP contribution in [0.15, 0.2) is 0 Å². The zero-order valence-corrected chi connectivity index (χ0v) is 14.6. The first-order valence-electron chi connectivity index (χ1n) is 6.97. The summed E-state index contributed by atoms with van der Waals surface area (Å²) < 4.78 is 39.0. The lowest BCUT2D eigenvalue weighted by Crippen LogP contribution is -2.53. The third-order valence-electron chi connectivity index (χ3n) is 3.52. The maximum Gasteiger partial charge on any atom is 0.279 e. The minimum atomic E-state index is -3.50. The summed E-state index contributed by atoms with van der Waals surface area (Å²) in [4.78, 5) is 0. The molecule has 2 atom stereocenters. The Hall–Kier alpha value is 0.0400. The molecule has 0 amide bonds. The van der Waals surface area contributed by atoms with E-state index in [2.05, 4.69) is 10.0 Å². The summed E-state index contributed by atoms with van der Waals surface area (Å²) in [5.41, 5.74) is 0. The zero-order valence-electron chi connectivity index (χ0n) is 13.0. The van der Waals surface area contributed by atoms with E-state index < -0.39 is 10.2 Å². The van der Waals surface area contributed by atoms with Gasteiger partial charge in [0.15, 0.2) is 0 Å². The quantitative estimate of drug-likeness (QED) is 0.607. The maximum absolute atomic E-state index is 12.4. The SMILES string of the molecule is COCCN(CCOC)S(=O)(=O)NC1CCNCC1C.Cl. The largest absolute Gasteiger partial charge is 0.383 e. The molecule has 0 spiro atoms. The van der Waals surface area contributed by atoms with Crippen molar-refractivity contribution in [1.29, 1.82) is 0 Å². The van der Waals surface area contributed by atoms with Gasteiger partial charge in [-0.1, -0.05) is 6.92 Å². The maximum atomic E-state index is 12.4. The molecule has 1 heterocycles. The minimum absolute atomic E-state index is 0. The summed E-state index contributed by atoms with van der Waals surface area (Å²) >= 11 is 0. The summed E-state index contributed by atoms with van der Waals surface area (Å²) in [5, 5.41) is 3.26. The van der Waals surface area contributed by atoms with Crippen molar-refractivity contribution in [3.05, 3.63) is 0 Å². The van der Waals surface area contributed by atoms with Gasteiger partial charge in [-0.15, -0.1) is 12.4 Å². The number of hydrogen-bond acceptors (Lipinski definition) is 5. The van der Waals surface area contributed by atoms with E-state index in [1.54, 1.807) is 14.2 Å². The second-order valence-corrected chi connectivity index (χ2v) is 6.79. The molecule has 1 fully saturated rings. The van der Waals surface area contributed by atoms with Crippen molar-refractivity contribution in [3.8, 4) is 0 Å². The van der Waals surface area contributed by atoms with Crippen LogP contribution in [0.2, 0.25) is 0 Å². The van der Waals surface area contributed by atoms with E-state index in [9.17, 15) is 8.42 Å². The van der Waals surface area contributed by atoms with Gasteiger partial charge in [-0.2, -0.15) is 17.4 Å². The van der Waals surface area contributed by atoms with Crippen LogP contribution >= 0.6 is 12.4 Å². The predicted octanol–water partition coefficient (Wildman–Crippen LogP) is -0.165. The first-order valence-corrected chi connectivity index (χ1v) is 8.41. The molecular formula is C12H28ClN3O4S. The van der Waals surface area contributed by atoms with E-state index in [0.717, 1.165) is 19.5 Å². The highest BCUT2D eigenvalue weighted by atomic mass is 35.5. The highest BCUT2D eigenvalue weighted by Gasteiger charge is 2.29. The Morgan fingerprint density at radius 2 is 1.81 bits per heavy atom. The Bertz CT molecular complexity index is 362. The van der Waals surface area contributed by atoms with Gasteiger partial charge >= 0.3 is 0 Å². The van der Waals surface area contributed by atoms with Crippen molar-refractivity contribution in [2.45, 2.75) is 19.4 Å². The Labute approximate surface area is 134 Å². The highest BCUT2D eigenvalue weighted by molar-refractivity contribution is 7.87. The molecule has 21 heavy (non-hydrogen) atoms. The Morgan fingerprint density at radius 3 is 2.29 bits per heavy atom. The van der Waals surface area contributed by atoms with Gasteiger partial charge in [-0.25, -0.2) is 0 Å². The topological polar surface area (TPSA) is 79.9 Å². The van der Waals surface area contributed by atoms with E-state index in [-0.39, 0.29) is 24.4 Å². The minimum Gasteiger partial charge on any atom is -0.383 e. The number of nitrogens with zero attached hydrogens (tertiary/aromatic N) is 1. The molecule has 9 heteroatoms. The fourth-order valence-corrected chi connectivity index (χ4v) is 3.70.